The fourth-order valence-electron chi connectivity index (χ4n) is 2.96. The predicted octanol–water partition coefficient (Wildman–Crippen LogP) is 3.48. The summed E-state index contributed by atoms with van der Waals surface area (Å²) in [5, 5.41) is 2.79. The zero-order chi connectivity index (χ0) is 19.5. The molecule has 0 unspecified atom stereocenters. The summed E-state index contributed by atoms with van der Waals surface area (Å²) in [5.41, 5.74) is 1.39. The Bertz CT molecular complexity index is 1050. The van der Waals surface area contributed by atoms with Crippen LogP contribution in [0.1, 0.15) is 10.4 Å². The summed E-state index contributed by atoms with van der Waals surface area (Å²) in [5.74, 6) is 0.609. The van der Waals surface area contributed by atoms with Gasteiger partial charge in [-0.25, -0.2) is 4.98 Å². The summed E-state index contributed by atoms with van der Waals surface area (Å²) in [4.78, 5) is 31.3. The van der Waals surface area contributed by atoms with Crippen molar-refractivity contribution in [2.24, 2.45) is 0 Å². The second-order valence-corrected chi connectivity index (χ2v) is 6.10. The smallest absolute Gasteiger partial charge is 0.264 e. The molecule has 1 aliphatic rings. The van der Waals surface area contributed by atoms with Crippen LogP contribution in [0.25, 0.3) is 0 Å². The first kappa shape index (κ1) is 17.5. The largest absolute Gasteiger partial charge is 0.497 e. The molecule has 2 amide bonds. The molecule has 2 heterocycles. The van der Waals surface area contributed by atoms with E-state index in [-0.39, 0.29) is 24.2 Å². The number of methoxy groups -OCH3 is 1. The molecular formula is C21H17N3O4. The Labute approximate surface area is 161 Å². The monoisotopic (exact) mass is 375 g/mol. The highest BCUT2D eigenvalue weighted by atomic mass is 16.5. The number of nitrogens with zero attached hydrogens (tertiary/aromatic N) is 2. The van der Waals surface area contributed by atoms with Crippen molar-refractivity contribution in [2.75, 3.05) is 23.9 Å². The average Bonchev–Trinajstić information content (AvgIpc) is 2.83. The van der Waals surface area contributed by atoms with Crippen molar-refractivity contribution >= 4 is 23.2 Å². The van der Waals surface area contributed by atoms with Gasteiger partial charge in [0.1, 0.15) is 17.9 Å². The van der Waals surface area contributed by atoms with E-state index in [0.717, 1.165) is 0 Å². The van der Waals surface area contributed by atoms with Crippen molar-refractivity contribution in [3.63, 3.8) is 0 Å². The zero-order valence-electron chi connectivity index (χ0n) is 15.1. The van der Waals surface area contributed by atoms with Crippen LogP contribution in [0.3, 0.4) is 0 Å². The van der Waals surface area contributed by atoms with E-state index in [4.69, 9.17) is 9.47 Å². The highest BCUT2D eigenvalue weighted by Crippen LogP contribution is 2.37. The number of pyridine rings is 1. The maximum absolute atomic E-state index is 13.1. The molecule has 7 heteroatoms. The quantitative estimate of drug-likeness (QED) is 0.755. The Morgan fingerprint density at radius 2 is 2.00 bits per heavy atom. The van der Waals surface area contributed by atoms with E-state index in [0.29, 0.717) is 28.4 Å². The van der Waals surface area contributed by atoms with Crippen molar-refractivity contribution in [3.8, 4) is 17.4 Å². The van der Waals surface area contributed by atoms with Crippen LogP contribution < -0.4 is 19.7 Å². The first-order valence-corrected chi connectivity index (χ1v) is 8.63. The molecule has 1 N–H and O–H groups in total. The number of benzene rings is 2. The lowest BCUT2D eigenvalue weighted by molar-refractivity contribution is -0.114. The summed E-state index contributed by atoms with van der Waals surface area (Å²) in [6.07, 6.45) is 1.56. The van der Waals surface area contributed by atoms with E-state index in [2.05, 4.69) is 10.3 Å². The van der Waals surface area contributed by atoms with E-state index < -0.39 is 0 Å². The molecule has 3 aromatic rings. The molecule has 140 valence electrons. The number of amides is 2. The van der Waals surface area contributed by atoms with Crippen molar-refractivity contribution in [1.82, 2.24) is 4.98 Å². The molecule has 0 saturated heterocycles. The van der Waals surface area contributed by atoms with Gasteiger partial charge < -0.3 is 14.8 Å². The fourth-order valence-corrected chi connectivity index (χ4v) is 2.96. The molecule has 0 fully saturated rings. The standard InChI is InChI=1S/C21H17N3O4/c1-27-15-7-4-6-14(12-15)23-19(25)13-24-17-9-2-3-10-18(17)28-20-16(21(24)26)8-5-11-22-20/h2-12H,13H2,1H3,(H,23,25). The third-order valence-corrected chi connectivity index (χ3v) is 4.26. The second-order valence-electron chi connectivity index (χ2n) is 6.10. The first-order valence-electron chi connectivity index (χ1n) is 8.63. The van der Waals surface area contributed by atoms with Gasteiger partial charge in [-0.2, -0.15) is 0 Å². The third kappa shape index (κ3) is 3.37. The summed E-state index contributed by atoms with van der Waals surface area (Å²) < 4.78 is 11.0. The van der Waals surface area contributed by atoms with Gasteiger partial charge >= 0.3 is 0 Å². The molecule has 28 heavy (non-hydrogen) atoms. The van der Waals surface area contributed by atoms with Gasteiger partial charge in [0.15, 0.2) is 5.75 Å². The molecular weight excluding hydrogens is 358 g/mol. The van der Waals surface area contributed by atoms with Crippen LogP contribution in [0, 0.1) is 0 Å². The number of hydrogen-bond acceptors (Lipinski definition) is 5. The number of ether oxygens (including phenoxy) is 2. The lowest BCUT2D eigenvalue weighted by atomic mass is 10.2. The van der Waals surface area contributed by atoms with Crippen LogP contribution in [-0.4, -0.2) is 30.5 Å². The highest BCUT2D eigenvalue weighted by Gasteiger charge is 2.30. The van der Waals surface area contributed by atoms with Crippen molar-refractivity contribution in [2.45, 2.75) is 0 Å². The highest BCUT2D eigenvalue weighted by molar-refractivity contribution is 6.12. The number of aromatic nitrogens is 1. The van der Waals surface area contributed by atoms with Crippen LogP contribution in [0.2, 0.25) is 0 Å². The Morgan fingerprint density at radius 1 is 1.14 bits per heavy atom. The number of carbonyl (C=O) groups excluding carboxylic acids is 2. The summed E-state index contributed by atoms with van der Waals surface area (Å²) in [6.45, 7) is -0.176. The molecule has 1 aliphatic heterocycles. The normalized spacial score (nSPS) is 12.3. The minimum absolute atomic E-state index is 0.176. The van der Waals surface area contributed by atoms with E-state index in [1.807, 2.05) is 0 Å². The van der Waals surface area contributed by atoms with E-state index in [9.17, 15) is 9.59 Å². The summed E-state index contributed by atoms with van der Waals surface area (Å²) in [6, 6.07) is 17.4. The Kier molecular flexibility index (Phi) is 4.63. The van der Waals surface area contributed by atoms with Gasteiger partial charge in [0.05, 0.1) is 12.8 Å². The number of para-hydroxylation sites is 2. The van der Waals surface area contributed by atoms with Crippen LogP contribution in [0.4, 0.5) is 11.4 Å². The van der Waals surface area contributed by atoms with E-state index in [1.54, 1.807) is 74.0 Å². The molecule has 0 radical (unpaired) electrons. The summed E-state index contributed by atoms with van der Waals surface area (Å²) in [7, 11) is 1.55. The maximum Gasteiger partial charge on any atom is 0.264 e. The van der Waals surface area contributed by atoms with E-state index in [1.165, 1.54) is 4.90 Å². The van der Waals surface area contributed by atoms with E-state index >= 15 is 0 Å². The molecule has 4 rings (SSSR count). The van der Waals surface area contributed by atoms with Gasteiger partial charge in [-0.15, -0.1) is 0 Å². The van der Waals surface area contributed by atoms with Gasteiger partial charge in [-0.05, 0) is 36.4 Å². The lowest BCUT2D eigenvalue weighted by Crippen LogP contribution is -2.37. The number of hydrogen-bond donors (Lipinski definition) is 1. The number of anilines is 2. The van der Waals surface area contributed by atoms with Gasteiger partial charge in [0, 0.05) is 18.0 Å². The van der Waals surface area contributed by atoms with Gasteiger partial charge in [-0.1, -0.05) is 18.2 Å². The Morgan fingerprint density at radius 3 is 2.86 bits per heavy atom. The predicted molar refractivity (Wildman–Crippen MR) is 104 cm³/mol. The Hall–Kier alpha value is -3.87. The maximum atomic E-state index is 13.1. The van der Waals surface area contributed by atoms with Crippen LogP contribution >= 0.6 is 0 Å². The lowest BCUT2D eigenvalue weighted by Gasteiger charge is -2.21. The average molecular weight is 375 g/mol. The van der Waals surface area contributed by atoms with Crippen molar-refractivity contribution in [3.05, 3.63) is 72.4 Å². The van der Waals surface area contributed by atoms with Crippen molar-refractivity contribution in [1.29, 1.82) is 0 Å². The van der Waals surface area contributed by atoms with Gasteiger partial charge in [0.25, 0.3) is 5.91 Å². The molecule has 0 saturated carbocycles. The number of rotatable bonds is 4. The van der Waals surface area contributed by atoms with Gasteiger partial charge in [-0.3, -0.25) is 14.5 Å². The summed E-state index contributed by atoms with van der Waals surface area (Å²) >= 11 is 0. The van der Waals surface area contributed by atoms with Gasteiger partial charge in [0.2, 0.25) is 11.8 Å². The van der Waals surface area contributed by atoms with Crippen LogP contribution in [0.5, 0.6) is 17.4 Å². The number of fused-ring (bicyclic) bond motifs is 2. The molecule has 2 aromatic carbocycles. The number of carbonyl (C=O) groups is 2. The molecule has 0 spiro atoms. The SMILES string of the molecule is COc1cccc(NC(=O)CN2C(=O)c3cccnc3Oc3ccccc32)c1. The topological polar surface area (TPSA) is 80.8 Å². The molecule has 1 aromatic heterocycles. The fraction of sp³-hybridized carbons (Fsp3) is 0.0952. The zero-order valence-corrected chi connectivity index (χ0v) is 15.1. The Balaban J connectivity index is 1.64. The van der Waals surface area contributed by atoms with Crippen LogP contribution in [0.15, 0.2) is 66.9 Å². The molecule has 0 aliphatic carbocycles. The minimum Gasteiger partial charge on any atom is -0.497 e. The van der Waals surface area contributed by atoms with Crippen LogP contribution in [-0.2, 0) is 4.79 Å². The number of nitrogens with one attached hydrogen (secondary N) is 1. The molecule has 0 bridgehead atoms. The van der Waals surface area contributed by atoms with Crippen molar-refractivity contribution < 1.29 is 19.1 Å². The molecule has 0 atom stereocenters. The first-order chi connectivity index (χ1) is 13.7. The molecule has 7 nitrogen and oxygen atoms in total. The second kappa shape index (κ2) is 7.40. The minimum atomic E-state index is -0.353. The third-order valence-electron chi connectivity index (χ3n) is 4.26.